The smallest absolute Gasteiger partial charge is 0.437 e. The number of imidazole rings is 2. The van der Waals surface area contributed by atoms with Gasteiger partial charge in [-0.3, -0.25) is 36.5 Å². The van der Waals surface area contributed by atoms with Crippen LogP contribution in [0.5, 0.6) is 0 Å². The van der Waals surface area contributed by atoms with Crippen LogP contribution in [-0.4, -0.2) is 103 Å². The molecular formula is C28H37FN10O12P2. The van der Waals surface area contributed by atoms with Crippen molar-refractivity contribution in [3.05, 3.63) is 25.3 Å². The molecular weight excluding hydrogens is 749 g/mol. The van der Waals surface area contributed by atoms with Crippen LogP contribution in [0.3, 0.4) is 0 Å². The van der Waals surface area contributed by atoms with Crippen molar-refractivity contribution in [1.29, 1.82) is 0 Å². The van der Waals surface area contributed by atoms with E-state index < -0.39 is 96.0 Å². The maximum atomic E-state index is 16.5. The zero-order valence-electron chi connectivity index (χ0n) is 29.0. The fraction of sp³-hybridized carbons (Fsp3) is 0.607. The molecule has 25 heteroatoms. The number of phosphoric acid groups is 2. The van der Waals surface area contributed by atoms with Crippen molar-refractivity contribution in [1.82, 2.24) is 39.0 Å². The number of nitrogens with two attached hydrogens (primary N) is 2. The highest BCUT2D eigenvalue weighted by Gasteiger charge is 2.55. The first kappa shape index (κ1) is 37.6. The van der Waals surface area contributed by atoms with Crippen LogP contribution in [0, 0.1) is 11.3 Å². The second-order valence-electron chi connectivity index (χ2n) is 13.3. The van der Waals surface area contributed by atoms with Gasteiger partial charge in [-0.25, -0.2) is 47.9 Å². The Labute approximate surface area is 300 Å². The molecule has 8 unspecified atom stereocenters. The van der Waals surface area contributed by atoms with E-state index in [9.17, 15) is 13.9 Å². The van der Waals surface area contributed by atoms with E-state index in [-0.39, 0.29) is 34.0 Å². The van der Waals surface area contributed by atoms with Gasteiger partial charge in [-0.1, -0.05) is 6.92 Å². The number of nitrogen functional groups attached to an aromatic ring is 2. The Morgan fingerprint density at radius 1 is 0.868 bits per heavy atom. The van der Waals surface area contributed by atoms with Crippen molar-refractivity contribution >= 4 is 55.6 Å². The standard InChI is InChI=1S/C28H37FN10O12P2/c1-13-14-6-45-52(41,43-5)51-20-15(49-25(16(20)29)38-10-36-17-21(30)32-8-34-23(17)38)7-46-53(42,47-12-44-27(40)28(2,3)4)50-19(13)26(48-14)39-11-37-18-22(31)33-9-35-24(18)39/h8-11,13-16,19-20,25-26H,6-7,12H2,1-5H3,(H2,30,32,34)(H2,31,33,35)/t13?,14?,15-,16?,19?,20?,25?,26-,52?,53?/m1/s1. The van der Waals surface area contributed by atoms with Crippen LogP contribution in [0.2, 0.25) is 0 Å². The molecule has 3 aliphatic rings. The summed E-state index contributed by atoms with van der Waals surface area (Å²) in [6, 6.07) is 0. The van der Waals surface area contributed by atoms with Gasteiger partial charge < -0.3 is 25.7 Å². The van der Waals surface area contributed by atoms with E-state index in [2.05, 4.69) is 29.9 Å². The molecule has 7 heterocycles. The largest absolute Gasteiger partial charge is 0.478 e. The van der Waals surface area contributed by atoms with Gasteiger partial charge in [0.15, 0.2) is 41.6 Å². The fourth-order valence-corrected chi connectivity index (χ4v) is 8.35. The molecule has 53 heavy (non-hydrogen) atoms. The molecule has 288 valence electrons. The lowest BCUT2D eigenvalue weighted by molar-refractivity contribution is -0.161. The highest BCUT2D eigenvalue weighted by atomic mass is 31.2. The van der Waals surface area contributed by atoms with Gasteiger partial charge in [-0.15, -0.1) is 0 Å². The first-order chi connectivity index (χ1) is 25.1. The Hall–Kier alpha value is -3.76. The lowest BCUT2D eigenvalue weighted by Gasteiger charge is -2.28. The molecule has 4 aromatic heterocycles. The van der Waals surface area contributed by atoms with E-state index in [1.165, 1.54) is 28.1 Å². The minimum atomic E-state index is -4.82. The summed E-state index contributed by atoms with van der Waals surface area (Å²) in [5.41, 5.74) is 11.8. The second kappa shape index (κ2) is 14.1. The summed E-state index contributed by atoms with van der Waals surface area (Å²) in [6.45, 7) is 4.48. The number of carbonyl (C=O) groups is 1. The number of fused-ring (bicyclic) bond motifs is 5. The molecule has 3 fully saturated rings. The molecule has 10 atom stereocenters. The minimum Gasteiger partial charge on any atom is -0.437 e. The summed E-state index contributed by atoms with van der Waals surface area (Å²) in [6.07, 6.45) is -5.08. The summed E-state index contributed by atoms with van der Waals surface area (Å²) in [5.74, 6) is -1.26. The third kappa shape index (κ3) is 7.13. The monoisotopic (exact) mass is 786 g/mol. The first-order valence-corrected chi connectivity index (χ1v) is 19.1. The number of anilines is 2. The van der Waals surface area contributed by atoms with Crippen LogP contribution in [0.4, 0.5) is 16.0 Å². The molecule has 22 nitrogen and oxygen atoms in total. The van der Waals surface area contributed by atoms with Crippen molar-refractivity contribution in [2.45, 2.75) is 70.7 Å². The van der Waals surface area contributed by atoms with Crippen molar-refractivity contribution in [3.63, 3.8) is 0 Å². The maximum absolute atomic E-state index is 16.5. The van der Waals surface area contributed by atoms with E-state index in [0.29, 0.717) is 0 Å². The number of alkyl halides is 1. The molecule has 3 aliphatic heterocycles. The van der Waals surface area contributed by atoms with Crippen molar-refractivity contribution < 1.29 is 59.7 Å². The van der Waals surface area contributed by atoms with Gasteiger partial charge in [0, 0.05) is 13.0 Å². The summed E-state index contributed by atoms with van der Waals surface area (Å²) < 4.78 is 99.3. The van der Waals surface area contributed by atoms with Crippen LogP contribution in [-0.2, 0) is 55.3 Å². The Morgan fingerprint density at radius 2 is 1.42 bits per heavy atom. The molecule has 4 N–H and O–H groups in total. The van der Waals surface area contributed by atoms with E-state index in [1.807, 2.05) is 0 Å². The normalized spacial score (nSPS) is 34.0. The Bertz CT molecular complexity index is 2100. The van der Waals surface area contributed by atoms with Crippen molar-refractivity contribution in [3.8, 4) is 0 Å². The number of ether oxygens (including phenoxy) is 3. The van der Waals surface area contributed by atoms with E-state index >= 15 is 4.39 Å². The Kier molecular flexibility index (Phi) is 10.0. The number of aromatic nitrogens is 8. The maximum Gasteiger partial charge on any atom is 0.478 e. The average Bonchev–Trinajstić information content (AvgIpc) is 3.88. The molecule has 0 spiro atoms. The van der Waals surface area contributed by atoms with Gasteiger partial charge >= 0.3 is 21.6 Å². The van der Waals surface area contributed by atoms with Crippen molar-refractivity contribution in [2.24, 2.45) is 11.3 Å². The summed E-state index contributed by atoms with van der Waals surface area (Å²) in [4.78, 5) is 37.3. The number of nitrogens with zero attached hydrogens (tertiary/aromatic N) is 8. The van der Waals surface area contributed by atoms with Crippen LogP contribution in [0.1, 0.15) is 40.2 Å². The number of esters is 1. The Morgan fingerprint density at radius 3 is 2.02 bits per heavy atom. The predicted octanol–water partition coefficient (Wildman–Crippen LogP) is 2.84. The number of rotatable bonds is 6. The molecule has 0 aliphatic carbocycles. The van der Waals surface area contributed by atoms with E-state index in [4.69, 9.17) is 52.8 Å². The minimum absolute atomic E-state index is 0.0352. The van der Waals surface area contributed by atoms with Crippen LogP contribution in [0.15, 0.2) is 25.3 Å². The molecule has 0 saturated carbocycles. The second-order valence-corrected chi connectivity index (χ2v) is 16.7. The molecule has 0 radical (unpaired) electrons. The quantitative estimate of drug-likeness (QED) is 0.161. The molecule has 0 amide bonds. The lowest BCUT2D eigenvalue weighted by atomic mass is 9.98. The number of hydrogen-bond donors (Lipinski definition) is 2. The molecule has 4 aromatic rings. The third-order valence-corrected chi connectivity index (χ3v) is 11.6. The SMILES string of the molecule is COP1(=O)OCC2O[C@@H](n3cnc4c(N)ncnc43)C(OP(=O)(OCOC(=O)C(C)(C)C)OC[C@H]3OC(n4cnc5c(N)ncnc54)C(F)C3O1)C2C. The molecule has 2 bridgehead atoms. The highest BCUT2D eigenvalue weighted by Crippen LogP contribution is 2.58. The van der Waals surface area contributed by atoms with Gasteiger partial charge in [0.2, 0.25) is 6.79 Å². The van der Waals surface area contributed by atoms with Gasteiger partial charge in [-0.05, 0) is 20.8 Å². The zero-order valence-corrected chi connectivity index (χ0v) is 30.7. The third-order valence-electron chi connectivity index (χ3n) is 8.82. The van der Waals surface area contributed by atoms with Crippen LogP contribution < -0.4 is 11.5 Å². The van der Waals surface area contributed by atoms with Gasteiger partial charge in [0.25, 0.3) is 0 Å². The Balaban J connectivity index is 1.25. The van der Waals surface area contributed by atoms with E-state index in [1.54, 1.807) is 27.7 Å². The molecule has 0 aromatic carbocycles. The summed E-state index contributed by atoms with van der Waals surface area (Å²) in [7, 11) is -8.33. The summed E-state index contributed by atoms with van der Waals surface area (Å²) >= 11 is 0. The number of hydrogen-bond acceptors (Lipinski definition) is 20. The van der Waals surface area contributed by atoms with Gasteiger partial charge in [0.1, 0.15) is 42.0 Å². The lowest BCUT2D eigenvalue weighted by Crippen LogP contribution is -2.34. The number of phosphoric ester groups is 2. The fourth-order valence-electron chi connectivity index (χ4n) is 5.92. The summed E-state index contributed by atoms with van der Waals surface area (Å²) in [5, 5.41) is 0. The highest BCUT2D eigenvalue weighted by molar-refractivity contribution is 7.48. The zero-order chi connectivity index (χ0) is 37.9. The number of carbonyl (C=O) groups excluding carboxylic acids is 1. The predicted molar refractivity (Wildman–Crippen MR) is 177 cm³/mol. The molecule has 7 rings (SSSR count). The first-order valence-electron chi connectivity index (χ1n) is 16.2. The van der Waals surface area contributed by atoms with Crippen LogP contribution >= 0.6 is 15.6 Å². The number of halogens is 1. The average molecular weight is 787 g/mol. The van der Waals surface area contributed by atoms with E-state index in [0.717, 1.165) is 13.4 Å². The van der Waals surface area contributed by atoms with Crippen molar-refractivity contribution in [2.75, 3.05) is 38.6 Å². The molecule has 3 saturated heterocycles. The van der Waals surface area contributed by atoms with Gasteiger partial charge in [0.05, 0.1) is 37.4 Å². The van der Waals surface area contributed by atoms with Crippen LogP contribution in [0.25, 0.3) is 22.3 Å². The topological polar surface area (TPSA) is 274 Å². The van der Waals surface area contributed by atoms with Gasteiger partial charge in [-0.2, -0.15) is 0 Å².